The number of rotatable bonds is 8. The summed E-state index contributed by atoms with van der Waals surface area (Å²) in [4.78, 5) is 12.9. The van der Waals surface area contributed by atoms with Gasteiger partial charge >= 0.3 is 0 Å². The van der Waals surface area contributed by atoms with E-state index in [4.69, 9.17) is 9.84 Å². The van der Waals surface area contributed by atoms with Crippen LogP contribution < -0.4 is 10.1 Å². The summed E-state index contributed by atoms with van der Waals surface area (Å²) in [6.45, 7) is 0.0750. The fourth-order valence-corrected chi connectivity index (χ4v) is 6.07. The Labute approximate surface area is 231 Å². The van der Waals surface area contributed by atoms with E-state index in [1.165, 1.54) is 12.1 Å². The molecule has 1 saturated heterocycles. The molecular formula is C30H25FN4O4S. The van der Waals surface area contributed by atoms with Gasteiger partial charge in [-0.2, -0.15) is 10.4 Å². The molecule has 3 aromatic carbocycles. The fourth-order valence-electron chi connectivity index (χ4n) is 4.39. The molecule has 2 heterocycles. The highest BCUT2D eigenvalue weighted by atomic mass is 32.2. The largest absolute Gasteiger partial charge is 0.489 e. The van der Waals surface area contributed by atoms with Gasteiger partial charge in [-0.1, -0.05) is 36.4 Å². The van der Waals surface area contributed by atoms with Gasteiger partial charge in [-0.25, -0.2) is 17.5 Å². The van der Waals surface area contributed by atoms with Crippen LogP contribution in [0, 0.1) is 17.1 Å². The lowest BCUT2D eigenvalue weighted by Crippen LogP contribution is -2.36. The minimum atomic E-state index is -3.19. The topological polar surface area (TPSA) is 114 Å². The zero-order valence-electron chi connectivity index (χ0n) is 21.3. The van der Waals surface area contributed by atoms with Crippen molar-refractivity contribution in [2.75, 3.05) is 11.5 Å². The molecular weight excluding hydrogens is 531 g/mol. The van der Waals surface area contributed by atoms with Gasteiger partial charge in [-0.05, 0) is 55.0 Å². The predicted molar refractivity (Wildman–Crippen MR) is 149 cm³/mol. The van der Waals surface area contributed by atoms with E-state index in [0.29, 0.717) is 34.6 Å². The summed E-state index contributed by atoms with van der Waals surface area (Å²) < 4.78 is 44.9. The fraction of sp³-hybridized carbons (Fsp3) is 0.167. The Morgan fingerprint density at radius 1 is 1.10 bits per heavy atom. The van der Waals surface area contributed by atoms with Crippen molar-refractivity contribution in [1.82, 2.24) is 15.1 Å². The SMILES string of the molecule is N#C/C(=C/c1cn(-c2ccccc2)nc1-c1ccc(OCc2ccccc2F)cc1)C(=O)NC1CCS(=O)(=O)C1. The first kappa shape index (κ1) is 26.8. The Morgan fingerprint density at radius 3 is 2.50 bits per heavy atom. The third-order valence-corrected chi connectivity index (χ3v) is 8.24. The van der Waals surface area contributed by atoms with Gasteiger partial charge in [-0.15, -0.1) is 0 Å². The molecule has 5 rings (SSSR count). The third kappa shape index (κ3) is 6.27. The molecule has 0 aliphatic carbocycles. The summed E-state index contributed by atoms with van der Waals surface area (Å²) in [5.41, 5.74) is 2.82. The Hall–Kier alpha value is -4.75. The van der Waals surface area contributed by atoms with Gasteiger partial charge in [0.05, 0.1) is 22.9 Å². The van der Waals surface area contributed by atoms with Crippen LogP contribution in [-0.4, -0.2) is 41.7 Å². The number of sulfone groups is 1. The lowest BCUT2D eigenvalue weighted by Gasteiger charge is -2.10. The zero-order valence-corrected chi connectivity index (χ0v) is 22.1. The van der Waals surface area contributed by atoms with Gasteiger partial charge in [0.15, 0.2) is 9.84 Å². The lowest BCUT2D eigenvalue weighted by atomic mass is 10.1. The molecule has 0 saturated carbocycles. The van der Waals surface area contributed by atoms with Gasteiger partial charge in [-0.3, -0.25) is 4.79 Å². The van der Waals surface area contributed by atoms with E-state index in [1.807, 2.05) is 36.4 Å². The number of amides is 1. The molecule has 0 spiro atoms. The van der Waals surface area contributed by atoms with Crippen LogP contribution in [0.2, 0.25) is 0 Å². The highest BCUT2D eigenvalue weighted by Crippen LogP contribution is 2.28. The quantitative estimate of drug-likeness (QED) is 0.253. The number of ether oxygens (including phenoxy) is 1. The van der Waals surface area contributed by atoms with Crippen molar-refractivity contribution in [3.05, 3.63) is 108 Å². The van der Waals surface area contributed by atoms with Crippen LogP contribution in [0.3, 0.4) is 0 Å². The molecule has 0 bridgehead atoms. The van der Waals surface area contributed by atoms with Gasteiger partial charge in [0.1, 0.15) is 29.8 Å². The first-order valence-electron chi connectivity index (χ1n) is 12.6. The Balaban J connectivity index is 1.42. The molecule has 1 atom stereocenters. The molecule has 1 fully saturated rings. The number of benzene rings is 3. The summed E-state index contributed by atoms with van der Waals surface area (Å²) in [6.07, 6.45) is 3.48. The van der Waals surface area contributed by atoms with Crippen molar-refractivity contribution in [3.63, 3.8) is 0 Å². The Kier molecular flexibility index (Phi) is 7.75. The number of halogens is 1. The van der Waals surface area contributed by atoms with E-state index in [0.717, 1.165) is 5.69 Å². The number of carbonyl (C=O) groups excluding carboxylic acids is 1. The molecule has 40 heavy (non-hydrogen) atoms. The Bertz CT molecular complexity index is 1710. The van der Waals surface area contributed by atoms with Crippen LogP contribution in [0.1, 0.15) is 17.5 Å². The third-order valence-electron chi connectivity index (χ3n) is 6.48. The molecule has 1 amide bonds. The zero-order chi connectivity index (χ0) is 28.1. The standard InChI is InChI=1S/C30H25FN4O4S/c31-28-9-5-4-6-22(28)19-39-27-12-10-21(11-13-27)29-24(18-35(34-29)26-7-2-1-3-8-26)16-23(17-32)30(36)33-25-14-15-40(37,38)20-25/h1-13,16,18,25H,14-15,19-20H2,(H,33,36)/b23-16-. The smallest absolute Gasteiger partial charge is 0.262 e. The maximum Gasteiger partial charge on any atom is 0.262 e. The molecule has 8 nitrogen and oxygen atoms in total. The van der Waals surface area contributed by atoms with Crippen LogP contribution in [0.4, 0.5) is 4.39 Å². The number of carbonyl (C=O) groups is 1. The van der Waals surface area contributed by atoms with Crippen LogP contribution in [0.25, 0.3) is 23.0 Å². The van der Waals surface area contributed by atoms with E-state index >= 15 is 0 Å². The molecule has 1 unspecified atom stereocenters. The normalized spacial score (nSPS) is 16.3. The van der Waals surface area contributed by atoms with Crippen molar-refractivity contribution in [3.8, 4) is 28.8 Å². The summed E-state index contributed by atoms with van der Waals surface area (Å²) in [6, 6.07) is 24.3. The van der Waals surface area contributed by atoms with E-state index in [2.05, 4.69) is 5.32 Å². The molecule has 202 valence electrons. The van der Waals surface area contributed by atoms with Crippen LogP contribution in [0.5, 0.6) is 5.75 Å². The second-order valence-corrected chi connectivity index (χ2v) is 11.6. The number of nitrogens with one attached hydrogen (secondary N) is 1. The van der Waals surface area contributed by atoms with Gasteiger partial charge < -0.3 is 10.1 Å². The minimum absolute atomic E-state index is 0.0114. The summed E-state index contributed by atoms with van der Waals surface area (Å²) in [5.74, 6) is -0.568. The van der Waals surface area contributed by atoms with Gasteiger partial charge in [0, 0.05) is 28.9 Å². The van der Waals surface area contributed by atoms with Crippen LogP contribution in [-0.2, 0) is 21.2 Å². The number of hydrogen-bond donors (Lipinski definition) is 1. The highest BCUT2D eigenvalue weighted by molar-refractivity contribution is 7.91. The number of nitriles is 1. The monoisotopic (exact) mass is 556 g/mol. The van der Waals surface area contributed by atoms with Gasteiger partial charge in [0.25, 0.3) is 5.91 Å². The van der Waals surface area contributed by atoms with Crippen molar-refractivity contribution in [2.24, 2.45) is 0 Å². The molecule has 0 radical (unpaired) electrons. The van der Waals surface area contributed by atoms with Crippen LogP contribution >= 0.6 is 0 Å². The maximum atomic E-state index is 13.9. The first-order chi connectivity index (χ1) is 19.3. The number of para-hydroxylation sites is 1. The maximum absolute atomic E-state index is 13.9. The van der Waals surface area contributed by atoms with E-state index in [9.17, 15) is 22.9 Å². The second kappa shape index (κ2) is 11.6. The van der Waals surface area contributed by atoms with Crippen molar-refractivity contribution in [2.45, 2.75) is 19.1 Å². The van der Waals surface area contributed by atoms with Crippen molar-refractivity contribution >= 4 is 21.8 Å². The van der Waals surface area contributed by atoms with Gasteiger partial charge in [0.2, 0.25) is 0 Å². The van der Waals surface area contributed by atoms with Crippen molar-refractivity contribution < 1.29 is 22.3 Å². The second-order valence-electron chi connectivity index (χ2n) is 9.36. The average Bonchev–Trinajstić information content (AvgIpc) is 3.54. The lowest BCUT2D eigenvalue weighted by molar-refractivity contribution is -0.117. The predicted octanol–water partition coefficient (Wildman–Crippen LogP) is 4.47. The number of aromatic nitrogens is 2. The summed E-state index contributed by atoms with van der Waals surface area (Å²) >= 11 is 0. The Morgan fingerprint density at radius 2 is 1.82 bits per heavy atom. The molecule has 10 heteroatoms. The van der Waals surface area contributed by atoms with Crippen molar-refractivity contribution in [1.29, 1.82) is 5.26 Å². The molecule has 1 aliphatic heterocycles. The number of nitrogens with zero attached hydrogens (tertiary/aromatic N) is 3. The van der Waals surface area contributed by atoms with E-state index < -0.39 is 21.8 Å². The summed E-state index contributed by atoms with van der Waals surface area (Å²) in [7, 11) is -3.19. The minimum Gasteiger partial charge on any atom is -0.489 e. The van der Waals surface area contributed by atoms with E-state index in [-0.39, 0.29) is 29.5 Å². The summed E-state index contributed by atoms with van der Waals surface area (Å²) in [5, 5.41) is 17.1. The van der Waals surface area contributed by atoms with Crippen LogP contribution in [0.15, 0.2) is 90.6 Å². The number of hydrogen-bond acceptors (Lipinski definition) is 6. The molecule has 1 N–H and O–H groups in total. The highest BCUT2D eigenvalue weighted by Gasteiger charge is 2.29. The molecule has 4 aromatic rings. The molecule has 1 aromatic heterocycles. The first-order valence-corrected chi connectivity index (χ1v) is 14.4. The molecule has 1 aliphatic rings. The van der Waals surface area contributed by atoms with E-state index in [1.54, 1.807) is 53.3 Å². The average molecular weight is 557 g/mol.